The topological polar surface area (TPSA) is 42.1 Å². The first-order valence-electron chi connectivity index (χ1n) is 25.4. The fourth-order valence-corrected chi connectivity index (χ4v) is 11.7. The number of hydrogen-bond donors (Lipinski definition) is 0. The predicted octanol–water partition coefficient (Wildman–Crippen LogP) is 17.8. The third kappa shape index (κ3) is 7.22. The molecule has 14 rings (SSSR count). The van der Waals surface area contributed by atoms with Crippen molar-refractivity contribution < 1.29 is 0 Å². The third-order valence-corrected chi connectivity index (χ3v) is 15.0. The average molecular weight is 944 g/mol. The summed E-state index contributed by atoms with van der Waals surface area (Å²) in [5.41, 5.74) is 22.6. The van der Waals surface area contributed by atoms with Gasteiger partial charge in [-0.1, -0.05) is 230 Å². The maximum Gasteiger partial charge on any atom is 0.0822 e. The molecule has 1 atom stereocenters. The van der Waals surface area contributed by atoms with Crippen molar-refractivity contribution in [1.82, 2.24) is 0 Å². The van der Waals surface area contributed by atoms with Crippen LogP contribution in [0.4, 0.5) is 17.1 Å². The van der Waals surface area contributed by atoms with Crippen molar-refractivity contribution >= 4 is 28.7 Å². The minimum atomic E-state index is -0.539. The molecule has 0 saturated heterocycles. The molecule has 2 aliphatic heterocycles. The molecule has 1 spiro atoms. The predicted molar refractivity (Wildman–Crippen MR) is 306 cm³/mol. The summed E-state index contributed by atoms with van der Waals surface area (Å²) < 4.78 is 0. The van der Waals surface area contributed by atoms with Crippen molar-refractivity contribution in [1.29, 1.82) is 0 Å². The van der Waals surface area contributed by atoms with E-state index in [1.807, 2.05) is 12.1 Å². The van der Waals surface area contributed by atoms with E-state index in [-0.39, 0.29) is 0 Å². The van der Waals surface area contributed by atoms with E-state index in [2.05, 4.69) is 272 Å². The Morgan fingerprint density at radius 3 is 1.42 bits per heavy atom. The van der Waals surface area contributed by atoms with Crippen LogP contribution in [0.2, 0.25) is 0 Å². The van der Waals surface area contributed by atoms with E-state index in [9.17, 15) is 0 Å². The van der Waals surface area contributed by atoms with E-state index in [0.29, 0.717) is 11.7 Å². The van der Waals surface area contributed by atoms with Crippen molar-refractivity contribution in [2.75, 3.05) is 4.90 Å². The van der Waals surface area contributed by atoms with Gasteiger partial charge in [-0.15, -0.1) is 0 Å². The molecule has 11 aromatic rings. The molecule has 0 fully saturated rings. The molecule has 348 valence electrons. The zero-order valence-corrected chi connectivity index (χ0v) is 40.4. The SMILES string of the molecule is c1ccc(-c2cccc(C3=NC(c4cccc(-c5ccccc5)c4)[N-]C(c4cccc(-c5cccc(-c6ccc7c(c6)C6(c8ccccc8-7)c7ccccc7N(c7ccccc7)c7ccccc76)c5)c4)=N3)c2)cc1. The van der Waals surface area contributed by atoms with Crippen LogP contribution >= 0.6 is 0 Å². The summed E-state index contributed by atoms with van der Waals surface area (Å²) in [5, 5.41) is 5.32. The van der Waals surface area contributed by atoms with Crippen LogP contribution in [0.15, 0.2) is 289 Å². The zero-order chi connectivity index (χ0) is 49.0. The van der Waals surface area contributed by atoms with Crippen molar-refractivity contribution in [2.24, 2.45) is 9.98 Å². The first-order valence-corrected chi connectivity index (χ1v) is 25.4. The van der Waals surface area contributed by atoms with Gasteiger partial charge in [-0.2, -0.15) is 0 Å². The van der Waals surface area contributed by atoms with E-state index in [4.69, 9.17) is 15.3 Å². The summed E-state index contributed by atoms with van der Waals surface area (Å²) in [6.07, 6.45) is -0.493. The van der Waals surface area contributed by atoms with E-state index in [0.717, 1.165) is 61.3 Å². The van der Waals surface area contributed by atoms with Crippen LogP contribution < -0.4 is 4.90 Å². The standard InChI is InChI=1S/C70H47N4/c1-4-20-47(21-5-1)49-24-17-29-55(43-49)67-71-68(56-30-18-25-50(44-56)48-22-6-2-7-23-48)73-69(72-67)57-31-19-28-53(45-57)51-26-16-27-52(42-51)54-40-41-60-59-34-10-11-35-61(59)70(64(60)46-54)62-36-12-14-38-65(62)74(58-32-8-3-9-33-58)66-39-15-13-37-63(66)70/h1-46,67H/q-1. The second-order valence-electron chi connectivity index (χ2n) is 19.3. The highest BCUT2D eigenvalue weighted by Gasteiger charge is 2.51. The molecule has 0 radical (unpaired) electrons. The molecule has 74 heavy (non-hydrogen) atoms. The number of para-hydroxylation sites is 3. The highest BCUT2D eigenvalue weighted by atomic mass is 15.2. The molecule has 11 aromatic carbocycles. The number of nitrogens with zero attached hydrogens (tertiary/aromatic N) is 4. The average Bonchev–Trinajstić information content (AvgIpc) is 3.79. The van der Waals surface area contributed by atoms with E-state index in [1.165, 1.54) is 50.3 Å². The number of hydrogen-bond acceptors (Lipinski definition) is 3. The van der Waals surface area contributed by atoms with Gasteiger partial charge in [-0.3, -0.25) is 4.99 Å². The van der Waals surface area contributed by atoms with Gasteiger partial charge in [0.15, 0.2) is 0 Å². The van der Waals surface area contributed by atoms with Gasteiger partial charge in [0, 0.05) is 5.69 Å². The van der Waals surface area contributed by atoms with Crippen LogP contribution in [0.1, 0.15) is 45.1 Å². The maximum absolute atomic E-state index is 5.32. The van der Waals surface area contributed by atoms with Gasteiger partial charge >= 0.3 is 0 Å². The van der Waals surface area contributed by atoms with Crippen LogP contribution in [-0.4, -0.2) is 11.7 Å². The Bertz CT molecular complexity index is 3960. The molecule has 2 heterocycles. The zero-order valence-electron chi connectivity index (χ0n) is 40.4. The number of fused-ring (bicyclic) bond motifs is 9. The number of anilines is 3. The van der Waals surface area contributed by atoms with Gasteiger partial charge in [-0.05, 0) is 149 Å². The lowest BCUT2D eigenvalue weighted by atomic mass is 9.64. The Kier molecular flexibility index (Phi) is 10.4. The first kappa shape index (κ1) is 43.2. The summed E-state index contributed by atoms with van der Waals surface area (Å²) in [5.74, 6) is 1.30. The molecular formula is C70H47N4-. The van der Waals surface area contributed by atoms with Gasteiger partial charge < -0.3 is 15.2 Å². The van der Waals surface area contributed by atoms with Crippen molar-refractivity contribution in [2.45, 2.75) is 11.6 Å². The van der Waals surface area contributed by atoms with Crippen molar-refractivity contribution in [3.05, 3.63) is 323 Å². The Hall–Kier alpha value is -9.64. The second kappa shape index (κ2) is 17.9. The molecule has 3 aliphatic rings. The molecule has 1 aliphatic carbocycles. The van der Waals surface area contributed by atoms with Crippen LogP contribution in [0.3, 0.4) is 0 Å². The minimum absolute atomic E-state index is 0.493. The largest absolute Gasteiger partial charge is 0.438 e. The third-order valence-electron chi connectivity index (χ3n) is 15.0. The van der Waals surface area contributed by atoms with E-state index >= 15 is 0 Å². The fourth-order valence-electron chi connectivity index (χ4n) is 11.7. The van der Waals surface area contributed by atoms with Crippen LogP contribution in [0, 0.1) is 0 Å². The molecule has 0 saturated carbocycles. The number of benzene rings is 11. The first-order chi connectivity index (χ1) is 36.7. The quantitative estimate of drug-likeness (QED) is 0.150. The highest BCUT2D eigenvalue weighted by molar-refractivity contribution is 6.19. The molecule has 4 nitrogen and oxygen atoms in total. The van der Waals surface area contributed by atoms with Crippen molar-refractivity contribution in [3.63, 3.8) is 0 Å². The normalized spacial score (nSPS) is 14.7. The second-order valence-corrected chi connectivity index (χ2v) is 19.3. The Morgan fingerprint density at radius 2 is 0.770 bits per heavy atom. The molecule has 4 heteroatoms. The number of amidine groups is 2. The molecule has 0 aromatic heterocycles. The lowest BCUT2D eigenvalue weighted by molar-refractivity contribution is 0.753. The van der Waals surface area contributed by atoms with Crippen LogP contribution in [0.5, 0.6) is 0 Å². The van der Waals surface area contributed by atoms with Gasteiger partial charge in [0.25, 0.3) is 0 Å². The molecule has 0 N–H and O–H groups in total. The Labute approximate surface area is 432 Å². The van der Waals surface area contributed by atoms with Crippen molar-refractivity contribution in [3.8, 4) is 55.6 Å². The Morgan fingerprint density at radius 1 is 0.324 bits per heavy atom. The fraction of sp³-hybridized carbons (Fsp3) is 0.0286. The smallest absolute Gasteiger partial charge is 0.0822 e. The van der Waals surface area contributed by atoms with Gasteiger partial charge in [-0.25, -0.2) is 0 Å². The summed E-state index contributed by atoms with van der Waals surface area (Å²) in [4.78, 5) is 13.0. The summed E-state index contributed by atoms with van der Waals surface area (Å²) in [6, 6.07) is 101. The number of rotatable bonds is 8. The number of aliphatic imine (C=N–C) groups is 2. The monoisotopic (exact) mass is 943 g/mol. The minimum Gasteiger partial charge on any atom is -0.438 e. The van der Waals surface area contributed by atoms with Gasteiger partial charge in [0.05, 0.1) is 28.8 Å². The van der Waals surface area contributed by atoms with Crippen LogP contribution in [-0.2, 0) is 5.41 Å². The molecule has 1 unspecified atom stereocenters. The molecule has 0 bridgehead atoms. The van der Waals surface area contributed by atoms with E-state index < -0.39 is 11.6 Å². The lowest BCUT2D eigenvalue weighted by Gasteiger charge is -2.45. The summed E-state index contributed by atoms with van der Waals surface area (Å²) in [6.45, 7) is 0. The highest BCUT2D eigenvalue weighted by Crippen LogP contribution is 2.63. The summed E-state index contributed by atoms with van der Waals surface area (Å²) in [7, 11) is 0. The van der Waals surface area contributed by atoms with Gasteiger partial charge in [0.2, 0.25) is 0 Å². The summed E-state index contributed by atoms with van der Waals surface area (Å²) >= 11 is 0. The maximum atomic E-state index is 5.32. The Balaban J connectivity index is 0.857. The molecular weight excluding hydrogens is 897 g/mol. The van der Waals surface area contributed by atoms with Gasteiger partial charge in [0.1, 0.15) is 0 Å². The molecule has 0 amide bonds. The van der Waals surface area contributed by atoms with E-state index in [1.54, 1.807) is 0 Å². The lowest BCUT2D eigenvalue weighted by Crippen LogP contribution is -2.36. The van der Waals surface area contributed by atoms with Crippen LogP contribution in [0.25, 0.3) is 61.0 Å².